The lowest BCUT2D eigenvalue weighted by Crippen LogP contribution is -2.26. The van der Waals surface area contributed by atoms with Gasteiger partial charge in [-0.1, -0.05) is 23.7 Å². The van der Waals surface area contributed by atoms with E-state index in [9.17, 15) is 0 Å². The maximum atomic E-state index is 5.92. The topological polar surface area (TPSA) is 71.2 Å². The highest BCUT2D eigenvalue weighted by Gasteiger charge is 2.17. The van der Waals surface area contributed by atoms with E-state index in [0.717, 1.165) is 5.56 Å². The first-order chi connectivity index (χ1) is 9.88. The van der Waals surface area contributed by atoms with Gasteiger partial charge in [-0.25, -0.2) is 0 Å². The van der Waals surface area contributed by atoms with Crippen molar-refractivity contribution in [3.63, 3.8) is 0 Å². The van der Waals surface area contributed by atoms with Crippen molar-refractivity contribution in [2.24, 2.45) is 0 Å². The number of nitrogen functional groups attached to an aromatic ring is 1. The first-order valence-corrected chi connectivity index (χ1v) is 6.93. The average Bonchev–Trinajstić information content (AvgIpc) is 2.45. The molecule has 0 aliphatic carbocycles. The lowest BCUT2D eigenvalue weighted by molar-refractivity contribution is 0.711. The maximum absolute atomic E-state index is 5.92. The minimum Gasteiger partial charge on any atom is -0.368 e. The second-order valence-corrected chi connectivity index (χ2v) is 5.46. The van der Waals surface area contributed by atoms with Crippen LogP contribution in [-0.4, -0.2) is 36.1 Å². The minimum atomic E-state index is 0.0825. The summed E-state index contributed by atoms with van der Waals surface area (Å²) in [6, 6.07) is 7.80. The highest BCUT2D eigenvalue weighted by molar-refractivity contribution is 6.30. The Kier molecular flexibility index (Phi) is 4.47. The molecule has 2 aromatic rings. The molecule has 2 N–H and O–H groups in total. The number of benzene rings is 1. The molecule has 1 aromatic carbocycles. The molecule has 2 rings (SSSR count). The van der Waals surface area contributed by atoms with Crippen molar-refractivity contribution in [1.82, 2.24) is 15.0 Å². The first kappa shape index (κ1) is 15.3. The average molecular weight is 307 g/mol. The van der Waals surface area contributed by atoms with Gasteiger partial charge in [0.2, 0.25) is 17.8 Å². The molecule has 0 radical (unpaired) electrons. The zero-order valence-electron chi connectivity index (χ0n) is 12.6. The molecule has 0 saturated carbocycles. The Labute approximate surface area is 129 Å². The van der Waals surface area contributed by atoms with Crippen molar-refractivity contribution in [2.75, 3.05) is 36.7 Å². The molecule has 1 atom stereocenters. The van der Waals surface area contributed by atoms with Crippen LogP contribution in [0.15, 0.2) is 24.3 Å². The van der Waals surface area contributed by atoms with Gasteiger partial charge in [-0.3, -0.25) is 0 Å². The van der Waals surface area contributed by atoms with Gasteiger partial charge in [-0.2, -0.15) is 15.0 Å². The summed E-state index contributed by atoms with van der Waals surface area (Å²) in [6.45, 7) is 2.07. The molecule has 7 heteroatoms. The third kappa shape index (κ3) is 3.52. The highest BCUT2D eigenvalue weighted by Crippen LogP contribution is 2.24. The summed E-state index contributed by atoms with van der Waals surface area (Å²) >= 11 is 5.92. The molecule has 0 bridgehead atoms. The van der Waals surface area contributed by atoms with E-state index in [1.807, 2.05) is 50.3 Å². The molecule has 1 unspecified atom stereocenters. The summed E-state index contributed by atoms with van der Waals surface area (Å²) in [4.78, 5) is 16.5. The summed E-state index contributed by atoms with van der Waals surface area (Å²) in [7, 11) is 5.65. The van der Waals surface area contributed by atoms with Crippen LogP contribution in [0.25, 0.3) is 0 Å². The standard InChI is InChI=1S/C14H19ClN6/c1-9(10-5-7-11(15)8-6-10)21(4)14-18-12(16)17-13(19-14)20(2)3/h5-9H,1-4H3,(H2,16,17,18,19). The molecular weight excluding hydrogens is 288 g/mol. The summed E-state index contributed by atoms with van der Waals surface area (Å²) in [6.07, 6.45) is 0. The van der Waals surface area contributed by atoms with Crippen LogP contribution < -0.4 is 15.5 Å². The highest BCUT2D eigenvalue weighted by atomic mass is 35.5. The van der Waals surface area contributed by atoms with E-state index >= 15 is 0 Å². The van der Waals surface area contributed by atoms with Gasteiger partial charge in [-0.05, 0) is 24.6 Å². The Bertz CT molecular complexity index is 613. The maximum Gasteiger partial charge on any atom is 0.232 e. The van der Waals surface area contributed by atoms with Gasteiger partial charge in [0.1, 0.15) is 0 Å². The number of anilines is 3. The van der Waals surface area contributed by atoms with E-state index in [-0.39, 0.29) is 12.0 Å². The van der Waals surface area contributed by atoms with Gasteiger partial charge in [-0.15, -0.1) is 0 Å². The van der Waals surface area contributed by atoms with Gasteiger partial charge < -0.3 is 15.5 Å². The molecule has 0 saturated heterocycles. The number of nitrogens with two attached hydrogens (primary N) is 1. The van der Waals surface area contributed by atoms with Crippen LogP contribution in [0.2, 0.25) is 5.02 Å². The summed E-state index contributed by atoms with van der Waals surface area (Å²) in [5.74, 6) is 1.28. The van der Waals surface area contributed by atoms with Crippen molar-refractivity contribution < 1.29 is 0 Å². The Morgan fingerprint density at radius 2 is 1.57 bits per heavy atom. The van der Waals surface area contributed by atoms with E-state index in [4.69, 9.17) is 17.3 Å². The lowest BCUT2D eigenvalue weighted by atomic mass is 10.1. The van der Waals surface area contributed by atoms with Crippen LogP contribution in [-0.2, 0) is 0 Å². The van der Waals surface area contributed by atoms with Gasteiger partial charge in [0.25, 0.3) is 0 Å². The monoisotopic (exact) mass is 306 g/mol. The fourth-order valence-electron chi connectivity index (χ4n) is 1.87. The quantitative estimate of drug-likeness (QED) is 0.935. The molecule has 0 amide bonds. The van der Waals surface area contributed by atoms with Crippen molar-refractivity contribution in [3.8, 4) is 0 Å². The summed E-state index contributed by atoms with van der Waals surface area (Å²) in [5.41, 5.74) is 6.88. The van der Waals surface area contributed by atoms with Crippen LogP contribution in [0, 0.1) is 0 Å². The van der Waals surface area contributed by atoms with Crippen LogP contribution in [0.3, 0.4) is 0 Å². The van der Waals surface area contributed by atoms with E-state index in [1.54, 1.807) is 4.90 Å². The zero-order valence-corrected chi connectivity index (χ0v) is 13.3. The second-order valence-electron chi connectivity index (χ2n) is 5.03. The number of aromatic nitrogens is 3. The molecule has 0 spiro atoms. The van der Waals surface area contributed by atoms with Crippen LogP contribution in [0.5, 0.6) is 0 Å². The SMILES string of the molecule is CC(c1ccc(Cl)cc1)N(C)c1nc(N)nc(N(C)C)n1. The van der Waals surface area contributed by atoms with E-state index in [2.05, 4.69) is 21.9 Å². The predicted molar refractivity (Wildman–Crippen MR) is 86.8 cm³/mol. The van der Waals surface area contributed by atoms with Crippen LogP contribution in [0.4, 0.5) is 17.8 Å². The van der Waals surface area contributed by atoms with Crippen molar-refractivity contribution in [2.45, 2.75) is 13.0 Å². The molecule has 21 heavy (non-hydrogen) atoms. The number of halogens is 1. The number of rotatable bonds is 4. The first-order valence-electron chi connectivity index (χ1n) is 6.55. The van der Waals surface area contributed by atoms with Gasteiger partial charge >= 0.3 is 0 Å². The van der Waals surface area contributed by atoms with Gasteiger partial charge in [0.05, 0.1) is 6.04 Å². The van der Waals surface area contributed by atoms with Gasteiger partial charge in [0.15, 0.2) is 0 Å². The molecule has 6 nitrogen and oxygen atoms in total. The van der Waals surface area contributed by atoms with Gasteiger partial charge in [0, 0.05) is 26.2 Å². The Hall–Kier alpha value is -2.08. The summed E-state index contributed by atoms with van der Waals surface area (Å²) in [5, 5.41) is 0.716. The zero-order chi connectivity index (χ0) is 15.6. The molecule has 1 aromatic heterocycles. The minimum absolute atomic E-state index is 0.0825. The second kappa shape index (κ2) is 6.13. The molecule has 0 fully saturated rings. The number of hydrogen-bond donors (Lipinski definition) is 1. The molecule has 1 heterocycles. The Balaban J connectivity index is 2.30. The Morgan fingerprint density at radius 3 is 2.14 bits per heavy atom. The predicted octanol–water partition coefficient (Wildman–Crippen LogP) is 2.37. The molecule has 0 aliphatic rings. The largest absolute Gasteiger partial charge is 0.368 e. The van der Waals surface area contributed by atoms with E-state index in [0.29, 0.717) is 16.9 Å². The molecule has 112 valence electrons. The fraction of sp³-hybridized carbons (Fsp3) is 0.357. The van der Waals surface area contributed by atoms with E-state index in [1.165, 1.54) is 0 Å². The smallest absolute Gasteiger partial charge is 0.232 e. The van der Waals surface area contributed by atoms with Crippen molar-refractivity contribution in [1.29, 1.82) is 0 Å². The van der Waals surface area contributed by atoms with Crippen LogP contribution in [0.1, 0.15) is 18.5 Å². The number of hydrogen-bond acceptors (Lipinski definition) is 6. The normalized spacial score (nSPS) is 12.0. The van der Waals surface area contributed by atoms with E-state index < -0.39 is 0 Å². The van der Waals surface area contributed by atoms with Crippen molar-refractivity contribution >= 4 is 29.4 Å². The lowest BCUT2D eigenvalue weighted by Gasteiger charge is -2.26. The number of nitrogens with zero attached hydrogens (tertiary/aromatic N) is 5. The fourth-order valence-corrected chi connectivity index (χ4v) is 1.99. The Morgan fingerprint density at radius 1 is 1.00 bits per heavy atom. The van der Waals surface area contributed by atoms with Crippen molar-refractivity contribution in [3.05, 3.63) is 34.9 Å². The third-order valence-electron chi connectivity index (χ3n) is 3.28. The third-order valence-corrected chi connectivity index (χ3v) is 3.53. The summed E-state index contributed by atoms with van der Waals surface area (Å²) < 4.78 is 0. The molecule has 0 aliphatic heterocycles. The van der Waals surface area contributed by atoms with Crippen LogP contribution >= 0.6 is 11.6 Å². The molecular formula is C14H19ClN6.